The molecule has 2 aliphatic rings. The van der Waals surface area contributed by atoms with Crippen molar-refractivity contribution in [3.63, 3.8) is 0 Å². The minimum atomic E-state index is -0.868. The lowest BCUT2D eigenvalue weighted by atomic mass is 10.0. The molecule has 0 radical (unpaired) electrons. The lowest BCUT2D eigenvalue weighted by molar-refractivity contribution is 0.0699. The summed E-state index contributed by atoms with van der Waals surface area (Å²) < 4.78 is 34.5. The number of rotatable bonds is 5. The van der Waals surface area contributed by atoms with Crippen LogP contribution in [0.1, 0.15) is 36.0 Å². The Bertz CT molecular complexity index is 862. The lowest BCUT2D eigenvalue weighted by Crippen LogP contribution is -2.43. The summed E-state index contributed by atoms with van der Waals surface area (Å²) >= 11 is 0. The highest BCUT2D eigenvalue weighted by Gasteiger charge is 2.34. The summed E-state index contributed by atoms with van der Waals surface area (Å²) in [5.74, 6) is -2.31. The molecule has 2 aromatic rings. The normalized spacial score (nSPS) is 19.7. The van der Waals surface area contributed by atoms with E-state index in [0.29, 0.717) is 12.1 Å². The van der Waals surface area contributed by atoms with Crippen LogP contribution in [0.4, 0.5) is 8.78 Å². The Morgan fingerprint density at radius 3 is 2.34 bits per heavy atom. The average Bonchev–Trinajstić information content (AvgIpc) is 3.40. The molecule has 0 bridgehead atoms. The van der Waals surface area contributed by atoms with Gasteiger partial charge in [-0.25, -0.2) is 18.7 Å². The van der Waals surface area contributed by atoms with Crippen LogP contribution in [0.25, 0.3) is 11.1 Å². The van der Waals surface area contributed by atoms with E-state index in [1.807, 2.05) is 0 Å². The Morgan fingerprint density at radius 1 is 1.07 bits per heavy atom. The van der Waals surface area contributed by atoms with Gasteiger partial charge in [0.2, 0.25) is 0 Å². The number of likely N-dealkylation sites (tertiary alicyclic amines) is 2. The van der Waals surface area contributed by atoms with E-state index in [1.165, 1.54) is 32.3 Å². The minimum Gasteiger partial charge on any atom is -0.467 e. The second-order valence-electron chi connectivity index (χ2n) is 7.58. The monoisotopic (exact) mass is 402 g/mol. The Kier molecular flexibility index (Phi) is 5.71. The number of carbonyl (C=O) groups is 1. The molecule has 29 heavy (non-hydrogen) atoms. The number of halogens is 2. The highest BCUT2D eigenvalue weighted by molar-refractivity contribution is 5.95. The maximum atomic E-state index is 14.8. The van der Waals surface area contributed by atoms with E-state index in [1.54, 1.807) is 4.90 Å². The van der Waals surface area contributed by atoms with Crippen LogP contribution in [-0.4, -0.2) is 65.0 Å². The predicted octanol–water partition coefficient (Wildman–Crippen LogP) is 3.13. The molecule has 6 nitrogen and oxygen atoms in total. The van der Waals surface area contributed by atoms with Crippen LogP contribution in [0, 0.1) is 11.6 Å². The zero-order valence-corrected chi connectivity index (χ0v) is 16.4. The van der Waals surface area contributed by atoms with Crippen molar-refractivity contribution in [3.05, 3.63) is 41.7 Å². The van der Waals surface area contributed by atoms with Crippen LogP contribution >= 0.6 is 0 Å². The molecule has 3 heterocycles. The molecular formula is C21H24F2N4O2. The fraction of sp³-hybridized carbons (Fsp3) is 0.476. The molecule has 1 unspecified atom stereocenters. The van der Waals surface area contributed by atoms with Gasteiger partial charge in [0.15, 0.2) is 0 Å². The maximum Gasteiger partial charge on any atom is 0.316 e. The molecule has 154 valence electrons. The molecule has 1 atom stereocenters. The summed E-state index contributed by atoms with van der Waals surface area (Å²) in [6, 6.07) is 2.49. The van der Waals surface area contributed by atoms with E-state index in [9.17, 15) is 13.6 Å². The van der Waals surface area contributed by atoms with Gasteiger partial charge in [-0.15, -0.1) is 0 Å². The first-order valence-corrected chi connectivity index (χ1v) is 9.95. The van der Waals surface area contributed by atoms with Gasteiger partial charge in [0.25, 0.3) is 5.91 Å². The molecule has 0 N–H and O–H groups in total. The smallest absolute Gasteiger partial charge is 0.316 e. The summed E-state index contributed by atoms with van der Waals surface area (Å²) in [7, 11) is 1.43. The fourth-order valence-corrected chi connectivity index (χ4v) is 4.21. The van der Waals surface area contributed by atoms with Crippen molar-refractivity contribution in [2.75, 3.05) is 33.3 Å². The molecule has 1 amide bonds. The zero-order valence-electron chi connectivity index (χ0n) is 16.4. The maximum absolute atomic E-state index is 14.8. The first kappa shape index (κ1) is 19.7. The first-order chi connectivity index (χ1) is 14.1. The van der Waals surface area contributed by atoms with Gasteiger partial charge >= 0.3 is 6.01 Å². The summed E-state index contributed by atoms with van der Waals surface area (Å²) in [5.41, 5.74) is 0.224. The summed E-state index contributed by atoms with van der Waals surface area (Å²) in [6.07, 6.45) is 6.91. The quantitative estimate of drug-likeness (QED) is 0.769. The summed E-state index contributed by atoms with van der Waals surface area (Å²) in [5, 5.41) is 0. The number of nitrogens with zero attached hydrogens (tertiary/aromatic N) is 4. The second kappa shape index (κ2) is 8.41. The van der Waals surface area contributed by atoms with Crippen LogP contribution < -0.4 is 4.74 Å². The van der Waals surface area contributed by atoms with Gasteiger partial charge in [-0.3, -0.25) is 4.79 Å². The van der Waals surface area contributed by atoms with E-state index in [2.05, 4.69) is 14.9 Å². The van der Waals surface area contributed by atoms with E-state index >= 15 is 0 Å². The highest BCUT2D eigenvalue weighted by atomic mass is 19.1. The first-order valence-electron chi connectivity index (χ1n) is 9.95. The topological polar surface area (TPSA) is 58.6 Å². The van der Waals surface area contributed by atoms with Crippen molar-refractivity contribution in [1.82, 2.24) is 19.8 Å². The summed E-state index contributed by atoms with van der Waals surface area (Å²) in [4.78, 5) is 24.9. The molecule has 0 aliphatic carbocycles. The van der Waals surface area contributed by atoms with E-state index in [4.69, 9.17) is 4.74 Å². The number of ether oxygens (including phenoxy) is 1. The number of aromatic nitrogens is 2. The minimum absolute atomic E-state index is 0.00839. The molecule has 2 saturated heterocycles. The highest BCUT2D eigenvalue weighted by Crippen LogP contribution is 2.28. The van der Waals surface area contributed by atoms with Gasteiger partial charge < -0.3 is 14.5 Å². The van der Waals surface area contributed by atoms with E-state index in [0.717, 1.165) is 44.6 Å². The van der Waals surface area contributed by atoms with Gasteiger partial charge in [0, 0.05) is 37.1 Å². The van der Waals surface area contributed by atoms with Crippen LogP contribution in [-0.2, 0) is 0 Å². The number of carbonyl (C=O) groups excluding carboxylic acids is 1. The molecule has 2 aliphatic heterocycles. The molecule has 0 saturated carbocycles. The van der Waals surface area contributed by atoms with Crippen LogP contribution in [0.3, 0.4) is 0 Å². The molecule has 2 fully saturated rings. The average molecular weight is 402 g/mol. The molecule has 1 aromatic carbocycles. The Labute approximate surface area is 168 Å². The second-order valence-corrected chi connectivity index (χ2v) is 7.58. The van der Waals surface area contributed by atoms with Gasteiger partial charge in [0.05, 0.1) is 7.11 Å². The van der Waals surface area contributed by atoms with Crippen LogP contribution in [0.15, 0.2) is 24.5 Å². The third-order valence-electron chi connectivity index (χ3n) is 5.71. The fourth-order valence-electron chi connectivity index (χ4n) is 4.21. The molecule has 1 aromatic heterocycles. The Hall–Kier alpha value is -2.61. The van der Waals surface area contributed by atoms with Crippen molar-refractivity contribution >= 4 is 5.91 Å². The largest absolute Gasteiger partial charge is 0.467 e. The van der Waals surface area contributed by atoms with Gasteiger partial charge in [0.1, 0.15) is 17.2 Å². The standard InChI is InChI=1S/C21H24F2N4O2/c1-29-21-24-11-15(12-25-21)14-9-17(22)19(18(23)10-14)20(28)27-8-4-5-16(27)13-26-6-2-3-7-26/h9-12,16H,2-8,13H2,1H3. The third kappa shape index (κ3) is 4.07. The van der Waals surface area contributed by atoms with Crippen LogP contribution in [0.2, 0.25) is 0 Å². The van der Waals surface area contributed by atoms with Gasteiger partial charge in [-0.05, 0) is 56.5 Å². The van der Waals surface area contributed by atoms with Gasteiger partial charge in [-0.2, -0.15) is 0 Å². The van der Waals surface area contributed by atoms with E-state index in [-0.39, 0.29) is 17.6 Å². The Morgan fingerprint density at radius 2 is 1.72 bits per heavy atom. The van der Waals surface area contributed by atoms with Crippen molar-refractivity contribution < 1.29 is 18.3 Å². The summed E-state index contributed by atoms with van der Waals surface area (Å²) in [6.45, 7) is 3.36. The van der Waals surface area contributed by atoms with Crippen molar-refractivity contribution in [2.45, 2.75) is 31.7 Å². The van der Waals surface area contributed by atoms with Crippen molar-refractivity contribution in [3.8, 4) is 17.1 Å². The number of methoxy groups -OCH3 is 1. The van der Waals surface area contributed by atoms with Crippen LogP contribution in [0.5, 0.6) is 6.01 Å². The predicted molar refractivity (Wildman–Crippen MR) is 104 cm³/mol. The number of benzene rings is 1. The lowest BCUT2D eigenvalue weighted by Gasteiger charge is -2.28. The van der Waals surface area contributed by atoms with Crippen molar-refractivity contribution in [2.24, 2.45) is 0 Å². The SMILES string of the molecule is COc1ncc(-c2cc(F)c(C(=O)N3CCCC3CN3CCCC3)c(F)c2)cn1. The molecule has 4 rings (SSSR count). The third-order valence-corrected chi connectivity index (χ3v) is 5.71. The Balaban J connectivity index is 1.56. The molecular weight excluding hydrogens is 378 g/mol. The number of hydrogen-bond acceptors (Lipinski definition) is 5. The number of amides is 1. The van der Waals surface area contributed by atoms with Crippen molar-refractivity contribution in [1.29, 1.82) is 0 Å². The zero-order chi connectivity index (χ0) is 20.4. The molecule has 8 heteroatoms. The molecule has 0 spiro atoms. The number of hydrogen-bond donors (Lipinski definition) is 0. The van der Waals surface area contributed by atoms with Gasteiger partial charge in [-0.1, -0.05) is 0 Å². The van der Waals surface area contributed by atoms with E-state index < -0.39 is 23.1 Å².